The van der Waals surface area contributed by atoms with E-state index in [1.165, 1.54) is 17.7 Å². The summed E-state index contributed by atoms with van der Waals surface area (Å²) in [5.74, 6) is -0.382. The molecule has 0 unspecified atom stereocenters. The van der Waals surface area contributed by atoms with Crippen LogP contribution in [0.15, 0.2) is 66.7 Å². The fourth-order valence-corrected chi connectivity index (χ4v) is 2.80. The van der Waals surface area contributed by atoms with E-state index in [1.54, 1.807) is 6.07 Å². The van der Waals surface area contributed by atoms with Gasteiger partial charge in [-0.15, -0.1) is 0 Å². The topological polar surface area (TPSA) is 0 Å². The lowest BCUT2D eigenvalue weighted by Crippen LogP contribution is -1.92. The van der Waals surface area contributed by atoms with Gasteiger partial charge in [0.2, 0.25) is 0 Å². The molecule has 0 aliphatic heterocycles. The summed E-state index contributed by atoms with van der Waals surface area (Å²) in [6, 6.07) is 20.0. The van der Waals surface area contributed by atoms with Crippen molar-refractivity contribution in [2.24, 2.45) is 0 Å². The molecule has 0 saturated carbocycles. The van der Waals surface area contributed by atoms with Crippen LogP contribution in [0.3, 0.4) is 0 Å². The van der Waals surface area contributed by atoms with Gasteiger partial charge in [-0.2, -0.15) is 0 Å². The molecule has 3 rings (SSSR count). The average Bonchev–Trinajstić information content (AvgIpc) is 2.62. The summed E-state index contributed by atoms with van der Waals surface area (Å²) in [7, 11) is 0. The van der Waals surface area contributed by atoms with Crippen LogP contribution in [-0.4, -0.2) is 0 Å². The molecule has 0 spiro atoms. The Morgan fingerprint density at radius 3 is 1.75 bits per heavy atom. The Hall–Kier alpha value is -2.48. The summed E-state index contributed by atoms with van der Waals surface area (Å²) in [4.78, 5) is 0. The van der Waals surface area contributed by atoms with Crippen molar-refractivity contribution in [3.05, 3.63) is 95.1 Å². The Morgan fingerprint density at radius 1 is 0.667 bits per heavy atom. The van der Waals surface area contributed by atoms with Crippen LogP contribution in [0, 0.1) is 11.6 Å². The third-order valence-electron chi connectivity index (χ3n) is 4.32. The molecule has 0 N–H and O–H groups in total. The summed E-state index contributed by atoms with van der Waals surface area (Å²) in [5.41, 5.74) is 4.83. The standard InChI is InChI=1S/C22H20F2/c1-2-16-9-14-21(22(24)15-16)19-10-5-17(6-11-19)3-4-18-7-12-20(23)13-8-18/h5-15H,2-4H2,1H3. The van der Waals surface area contributed by atoms with E-state index < -0.39 is 0 Å². The summed E-state index contributed by atoms with van der Waals surface area (Å²) >= 11 is 0. The van der Waals surface area contributed by atoms with Gasteiger partial charge in [0.1, 0.15) is 11.6 Å². The first-order valence-electron chi connectivity index (χ1n) is 8.28. The predicted molar refractivity (Wildman–Crippen MR) is 95.0 cm³/mol. The molecule has 0 heterocycles. The van der Waals surface area contributed by atoms with Gasteiger partial charge in [0.25, 0.3) is 0 Å². The molecule has 0 nitrogen and oxygen atoms in total. The molecule has 122 valence electrons. The van der Waals surface area contributed by atoms with Crippen LogP contribution in [-0.2, 0) is 19.3 Å². The molecule has 0 bridgehead atoms. The van der Waals surface area contributed by atoms with Gasteiger partial charge in [-0.3, -0.25) is 0 Å². The maximum atomic E-state index is 14.2. The van der Waals surface area contributed by atoms with Gasteiger partial charge in [-0.1, -0.05) is 55.5 Å². The first-order chi connectivity index (χ1) is 11.7. The van der Waals surface area contributed by atoms with Gasteiger partial charge in [0, 0.05) is 5.56 Å². The van der Waals surface area contributed by atoms with E-state index in [2.05, 4.69) is 0 Å². The lowest BCUT2D eigenvalue weighted by molar-refractivity contribution is 0.627. The Kier molecular flexibility index (Phi) is 5.05. The molecule has 3 aromatic rings. The second-order valence-corrected chi connectivity index (χ2v) is 5.99. The zero-order chi connectivity index (χ0) is 16.9. The van der Waals surface area contributed by atoms with Crippen molar-refractivity contribution in [1.29, 1.82) is 0 Å². The minimum Gasteiger partial charge on any atom is -0.207 e. The van der Waals surface area contributed by atoms with Crippen molar-refractivity contribution >= 4 is 0 Å². The number of hydrogen-bond acceptors (Lipinski definition) is 0. The van der Waals surface area contributed by atoms with Crippen LogP contribution in [0.2, 0.25) is 0 Å². The smallest absolute Gasteiger partial charge is 0.131 e. The number of halogens is 2. The largest absolute Gasteiger partial charge is 0.207 e. The maximum Gasteiger partial charge on any atom is 0.131 e. The molecule has 0 aliphatic rings. The monoisotopic (exact) mass is 322 g/mol. The SMILES string of the molecule is CCc1ccc(-c2ccc(CCc3ccc(F)cc3)cc2)c(F)c1. The summed E-state index contributed by atoms with van der Waals surface area (Å²) < 4.78 is 27.1. The molecule has 0 atom stereocenters. The normalized spacial score (nSPS) is 10.8. The fraction of sp³-hybridized carbons (Fsp3) is 0.182. The highest BCUT2D eigenvalue weighted by atomic mass is 19.1. The third-order valence-corrected chi connectivity index (χ3v) is 4.32. The first-order valence-corrected chi connectivity index (χ1v) is 8.28. The van der Waals surface area contributed by atoms with Crippen molar-refractivity contribution < 1.29 is 8.78 Å². The van der Waals surface area contributed by atoms with E-state index in [-0.39, 0.29) is 11.6 Å². The molecule has 0 saturated heterocycles. The molecule has 0 aliphatic carbocycles. The van der Waals surface area contributed by atoms with Gasteiger partial charge < -0.3 is 0 Å². The molecule has 0 aromatic heterocycles. The van der Waals surface area contributed by atoms with Crippen molar-refractivity contribution in [3.63, 3.8) is 0 Å². The van der Waals surface area contributed by atoms with Crippen molar-refractivity contribution in [2.45, 2.75) is 26.2 Å². The van der Waals surface area contributed by atoms with Crippen LogP contribution in [0.25, 0.3) is 11.1 Å². The number of benzene rings is 3. The molecule has 0 radical (unpaired) electrons. The van der Waals surface area contributed by atoms with Crippen molar-refractivity contribution in [3.8, 4) is 11.1 Å². The van der Waals surface area contributed by atoms with Crippen molar-refractivity contribution in [2.75, 3.05) is 0 Å². The average molecular weight is 322 g/mol. The molecule has 0 fully saturated rings. The lowest BCUT2D eigenvalue weighted by atomic mass is 9.99. The van der Waals surface area contributed by atoms with E-state index in [9.17, 15) is 8.78 Å². The molecular weight excluding hydrogens is 302 g/mol. The lowest BCUT2D eigenvalue weighted by Gasteiger charge is -2.07. The van der Waals surface area contributed by atoms with Gasteiger partial charge in [0.15, 0.2) is 0 Å². The Balaban J connectivity index is 1.70. The maximum absolute atomic E-state index is 14.2. The second-order valence-electron chi connectivity index (χ2n) is 5.99. The molecular formula is C22H20F2. The van der Waals surface area contributed by atoms with Gasteiger partial charge in [0.05, 0.1) is 0 Å². The fourth-order valence-electron chi connectivity index (χ4n) is 2.80. The molecule has 0 amide bonds. The summed E-state index contributed by atoms with van der Waals surface area (Å²) in [5, 5.41) is 0. The summed E-state index contributed by atoms with van der Waals surface area (Å²) in [6.45, 7) is 2.02. The van der Waals surface area contributed by atoms with Crippen LogP contribution in [0.1, 0.15) is 23.6 Å². The third kappa shape index (κ3) is 3.88. The van der Waals surface area contributed by atoms with Gasteiger partial charge in [-0.25, -0.2) is 8.78 Å². The van der Waals surface area contributed by atoms with E-state index >= 15 is 0 Å². The first kappa shape index (κ1) is 16.4. The number of rotatable bonds is 5. The van der Waals surface area contributed by atoms with Crippen LogP contribution in [0.5, 0.6) is 0 Å². The van der Waals surface area contributed by atoms with Crippen molar-refractivity contribution in [1.82, 2.24) is 0 Å². The highest BCUT2D eigenvalue weighted by Crippen LogP contribution is 2.24. The van der Waals surface area contributed by atoms with E-state index in [1.807, 2.05) is 55.5 Å². The van der Waals surface area contributed by atoms with E-state index in [0.717, 1.165) is 36.0 Å². The van der Waals surface area contributed by atoms with Gasteiger partial charge in [-0.05, 0) is 59.7 Å². The van der Waals surface area contributed by atoms with Crippen LogP contribution in [0.4, 0.5) is 8.78 Å². The highest BCUT2D eigenvalue weighted by Gasteiger charge is 2.06. The van der Waals surface area contributed by atoms with Crippen LogP contribution >= 0.6 is 0 Å². The van der Waals surface area contributed by atoms with E-state index in [4.69, 9.17) is 0 Å². The minimum absolute atomic E-state index is 0.173. The Labute approximate surface area is 141 Å². The zero-order valence-corrected chi connectivity index (χ0v) is 13.7. The van der Waals surface area contributed by atoms with Gasteiger partial charge >= 0.3 is 0 Å². The Bertz CT molecular complexity index is 802. The molecule has 3 aromatic carbocycles. The number of aryl methyl sites for hydroxylation is 3. The second kappa shape index (κ2) is 7.39. The number of hydrogen-bond donors (Lipinski definition) is 0. The quantitative estimate of drug-likeness (QED) is 0.542. The molecule has 24 heavy (non-hydrogen) atoms. The predicted octanol–water partition coefficient (Wildman–Crippen LogP) is 5.98. The summed E-state index contributed by atoms with van der Waals surface area (Å²) in [6.07, 6.45) is 2.57. The minimum atomic E-state index is -0.209. The van der Waals surface area contributed by atoms with E-state index in [0.29, 0.717) is 5.56 Å². The zero-order valence-electron chi connectivity index (χ0n) is 13.7. The Morgan fingerprint density at radius 2 is 1.21 bits per heavy atom. The highest BCUT2D eigenvalue weighted by molar-refractivity contribution is 5.64. The van der Waals surface area contributed by atoms with Crippen LogP contribution < -0.4 is 0 Å². The molecule has 2 heteroatoms.